The number of carbonyl (C=O) groups is 1. The summed E-state index contributed by atoms with van der Waals surface area (Å²) in [7, 11) is 0. The van der Waals surface area contributed by atoms with Gasteiger partial charge in [0, 0.05) is 19.1 Å². The van der Waals surface area contributed by atoms with Gasteiger partial charge in [0.2, 0.25) is 5.91 Å². The topological polar surface area (TPSA) is 56.8 Å². The summed E-state index contributed by atoms with van der Waals surface area (Å²) in [6, 6.07) is 5.85. The molecule has 0 aromatic heterocycles. The molecule has 0 radical (unpaired) electrons. The monoisotopic (exact) mass is 349 g/mol. The van der Waals surface area contributed by atoms with E-state index in [-0.39, 0.29) is 17.9 Å². The minimum atomic E-state index is -0.0699. The smallest absolute Gasteiger partial charge is 0.223 e. The predicted octanol–water partition coefficient (Wildman–Crippen LogP) is 3.87. The highest BCUT2D eigenvalue weighted by molar-refractivity contribution is 5.79. The molecule has 1 aliphatic rings. The summed E-state index contributed by atoms with van der Waals surface area (Å²) in [6.07, 6.45) is 3.49. The maximum absolute atomic E-state index is 12.4. The van der Waals surface area contributed by atoms with Crippen molar-refractivity contribution in [1.29, 1.82) is 0 Å². The molecule has 140 valence electrons. The Morgan fingerprint density at radius 3 is 2.44 bits per heavy atom. The van der Waals surface area contributed by atoms with Gasteiger partial charge in [-0.25, -0.2) is 0 Å². The molecule has 1 fully saturated rings. The molecule has 1 unspecified atom stereocenters. The van der Waals surface area contributed by atoms with Crippen molar-refractivity contribution in [3.05, 3.63) is 23.8 Å². The van der Waals surface area contributed by atoms with Crippen LogP contribution in [-0.4, -0.2) is 32.3 Å². The number of nitrogens with one attached hydrogen (secondary N) is 1. The highest BCUT2D eigenvalue weighted by Crippen LogP contribution is 2.31. The van der Waals surface area contributed by atoms with Crippen molar-refractivity contribution in [3.63, 3.8) is 0 Å². The standard InChI is InChI=1S/C20H31NO4/c1-4-10-24-18-7-6-17(14-19(18)25-11-5-2)15(3)21-20(22)16-8-12-23-13-9-16/h6-7,14-16H,4-5,8-13H2,1-3H3,(H,21,22). The molecule has 0 spiro atoms. The molecular weight excluding hydrogens is 318 g/mol. The third kappa shape index (κ3) is 5.92. The van der Waals surface area contributed by atoms with Crippen molar-refractivity contribution in [2.75, 3.05) is 26.4 Å². The maximum Gasteiger partial charge on any atom is 0.223 e. The van der Waals surface area contributed by atoms with Gasteiger partial charge in [-0.1, -0.05) is 19.9 Å². The fourth-order valence-electron chi connectivity index (χ4n) is 2.82. The summed E-state index contributed by atoms with van der Waals surface area (Å²) in [4.78, 5) is 12.4. The van der Waals surface area contributed by atoms with Crippen LogP contribution < -0.4 is 14.8 Å². The Morgan fingerprint density at radius 2 is 1.80 bits per heavy atom. The van der Waals surface area contributed by atoms with E-state index in [9.17, 15) is 4.79 Å². The summed E-state index contributed by atoms with van der Waals surface area (Å²) in [5.41, 5.74) is 1.02. The average molecular weight is 349 g/mol. The van der Waals surface area contributed by atoms with Crippen LogP contribution in [0.2, 0.25) is 0 Å². The van der Waals surface area contributed by atoms with Gasteiger partial charge in [-0.15, -0.1) is 0 Å². The van der Waals surface area contributed by atoms with Crippen LogP contribution in [0.4, 0.5) is 0 Å². The average Bonchev–Trinajstić information content (AvgIpc) is 2.65. The molecule has 0 saturated carbocycles. The van der Waals surface area contributed by atoms with Crippen molar-refractivity contribution in [1.82, 2.24) is 5.32 Å². The van der Waals surface area contributed by atoms with Crippen molar-refractivity contribution in [2.24, 2.45) is 5.92 Å². The van der Waals surface area contributed by atoms with Crippen molar-refractivity contribution in [3.8, 4) is 11.5 Å². The number of amides is 1. The number of ether oxygens (including phenoxy) is 3. The molecule has 2 rings (SSSR count). The van der Waals surface area contributed by atoms with Gasteiger partial charge in [0.15, 0.2) is 11.5 Å². The molecule has 1 atom stereocenters. The summed E-state index contributed by atoms with van der Waals surface area (Å²) >= 11 is 0. The second-order valence-electron chi connectivity index (χ2n) is 6.52. The zero-order valence-electron chi connectivity index (χ0n) is 15.7. The van der Waals surface area contributed by atoms with E-state index in [1.54, 1.807) is 0 Å². The van der Waals surface area contributed by atoms with Gasteiger partial charge in [0.05, 0.1) is 19.3 Å². The summed E-state index contributed by atoms with van der Waals surface area (Å²) in [6.45, 7) is 8.81. The molecule has 1 aromatic rings. The highest BCUT2D eigenvalue weighted by atomic mass is 16.5. The van der Waals surface area contributed by atoms with Crippen LogP contribution in [0.3, 0.4) is 0 Å². The molecule has 1 saturated heterocycles. The Labute approximate surface area is 151 Å². The molecule has 25 heavy (non-hydrogen) atoms. The summed E-state index contributed by atoms with van der Waals surface area (Å²) in [5, 5.41) is 3.12. The first-order chi connectivity index (χ1) is 12.2. The molecule has 5 heteroatoms. The lowest BCUT2D eigenvalue weighted by Gasteiger charge is -2.24. The second-order valence-corrected chi connectivity index (χ2v) is 6.52. The van der Waals surface area contributed by atoms with Crippen LogP contribution in [0.1, 0.15) is 58.1 Å². The first-order valence-corrected chi connectivity index (χ1v) is 9.43. The lowest BCUT2D eigenvalue weighted by Crippen LogP contribution is -2.35. The number of hydrogen-bond acceptors (Lipinski definition) is 4. The van der Waals surface area contributed by atoms with Crippen molar-refractivity contribution in [2.45, 2.75) is 52.5 Å². The van der Waals surface area contributed by atoms with Crippen LogP contribution >= 0.6 is 0 Å². The maximum atomic E-state index is 12.4. The molecule has 1 heterocycles. The zero-order chi connectivity index (χ0) is 18.1. The van der Waals surface area contributed by atoms with Gasteiger partial charge >= 0.3 is 0 Å². The Hall–Kier alpha value is -1.75. The van der Waals surface area contributed by atoms with Crippen LogP contribution in [0, 0.1) is 5.92 Å². The van der Waals surface area contributed by atoms with Gasteiger partial charge in [-0.05, 0) is 50.3 Å². The molecule has 1 aliphatic heterocycles. The Bertz CT molecular complexity index is 540. The largest absolute Gasteiger partial charge is 0.490 e. The van der Waals surface area contributed by atoms with E-state index in [1.807, 2.05) is 25.1 Å². The number of rotatable bonds is 9. The highest BCUT2D eigenvalue weighted by Gasteiger charge is 2.23. The summed E-state index contributed by atoms with van der Waals surface area (Å²) in [5.74, 6) is 1.68. The lowest BCUT2D eigenvalue weighted by atomic mass is 9.98. The zero-order valence-corrected chi connectivity index (χ0v) is 15.7. The Morgan fingerprint density at radius 1 is 1.16 bits per heavy atom. The second kappa shape index (κ2) is 10.3. The summed E-state index contributed by atoms with van der Waals surface area (Å²) < 4.78 is 16.9. The minimum Gasteiger partial charge on any atom is -0.490 e. The third-order valence-electron chi connectivity index (χ3n) is 4.34. The first-order valence-electron chi connectivity index (χ1n) is 9.43. The Kier molecular flexibility index (Phi) is 8.06. The van der Waals surface area contributed by atoms with Crippen molar-refractivity contribution >= 4 is 5.91 Å². The normalized spacial score (nSPS) is 16.3. The van der Waals surface area contributed by atoms with E-state index in [1.165, 1.54) is 0 Å². The first kappa shape index (κ1) is 19.6. The van der Waals surface area contributed by atoms with E-state index in [0.717, 1.165) is 42.7 Å². The van der Waals surface area contributed by atoms with Gasteiger partial charge < -0.3 is 19.5 Å². The van der Waals surface area contributed by atoms with Crippen LogP contribution in [0.25, 0.3) is 0 Å². The van der Waals surface area contributed by atoms with Crippen LogP contribution in [0.5, 0.6) is 11.5 Å². The number of benzene rings is 1. The quantitative estimate of drug-likeness (QED) is 0.735. The van der Waals surface area contributed by atoms with E-state index in [4.69, 9.17) is 14.2 Å². The van der Waals surface area contributed by atoms with E-state index in [0.29, 0.717) is 26.4 Å². The van der Waals surface area contributed by atoms with E-state index in [2.05, 4.69) is 19.2 Å². The van der Waals surface area contributed by atoms with Gasteiger partial charge in [-0.3, -0.25) is 4.79 Å². The fraction of sp³-hybridized carbons (Fsp3) is 0.650. The molecule has 5 nitrogen and oxygen atoms in total. The molecule has 1 aromatic carbocycles. The molecule has 0 aliphatic carbocycles. The molecule has 1 amide bonds. The minimum absolute atomic E-state index is 0.0548. The number of hydrogen-bond donors (Lipinski definition) is 1. The molecular formula is C20H31NO4. The molecule has 0 bridgehead atoms. The molecule has 1 N–H and O–H groups in total. The Balaban J connectivity index is 2.04. The predicted molar refractivity (Wildman–Crippen MR) is 98.1 cm³/mol. The van der Waals surface area contributed by atoms with Gasteiger partial charge in [0.1, 0.15) is 0 Å². The fourth-order valence-corrected chi connectivity index (χ4v) is 2.82. The lowest BCUT2D eigenvalue weighted by molar-refractivity contribution is -0.128. The third-order valence-corrected chi connectivity index (χ3v) is 4.34. The number of carbonyl (C=O) groups excluding carboxylic acids is 1. The van der Waals surface area contributed by atoms with Crippen molar-refractivity contribution < 1.29 is 19.0 Å². The van der Waals surface area contributed by atoms with Gasteiger partial charge in [-0.2, -0.15) is 0 Å². The SMILES string of the molecule is CCCOc1ccc(C(C)NC(=O)C2CCOCC2)cc1OCCC. The van der Waals surface area contributed by atoms with E-state index < -0.39 is 0 Å². The van der Waals surface area contributed by atoms with Gasteiger partial charge in [0.25, 0.3) is 0 Å². The van der Waals surface area contributed by atoms with E-state index >= 15 is 0 Å². The van der Waals surface area contributed by atoms with Crippen LogP contribution in [0.15, 0.2) is 18.2 Å². The van der Waals surface area contributed by atoms with Crippen LogP contribution in [-0.2, 0) is 9.53 Å².